The standard InChI is InChI=1S/C23H23NO9/c1-12(25)21(23(28)29)24-20(26)11-32-15-4-6-16-18(10-15)33-19(22(16)27)9-13-8-14(30-2)5-7-17(13)31-3/h4-10,12,21,25H,11H2,1-3H3,(H,24,26)(H,28,29)/t12-,21+/m1/s1. The van der Waals surface area contributed by atoms with E-state index in [4.69, 9.17) is 24.1 Å². The van der Waals surface area contributed by atoms with Gasteiger partial charge in [-0.3, -0.25) is 9.59 Å². The molecule has 2 aromatic rings. The van der Waals surface area contributed by atoms with Crippen LogP contribution in [0.15, 0.2) is 42.2 Å². The average molecular weight is 457 g/mol. The summed E-state index contributed by atoms with van der Waals surface area (Å²) in [6, 6.07) is 8.14. The Hall–Kier alpha value is -4.05. The molecule has 0 aliphatic carbocycles. The Morgan fingerprint density at radius 3 is 2.48 bits per heavy atom. The summed E-state index contributed by atoms with van der Waals surface area (Å²) in [7, 11) is 3.04. The Kier molecular flexibility index (Phi) is 7.19. The van der Waals surface area contributed by atoms with E-state index >= 15 is 0 Å². The van der Waals surface area contributed by atoms with Crippen LogP contribution in [0.4, 0.5) is 0 Å². The smallest absolute Gasteiger partial charge is 0.328 e. The quantitative estimate of drug-likeness (QED) is 0.479. The van der Waals surface area contributed by atoms with Gasteiger partial charge in [-0.2, -0.15) is 0 Å². The lowest BCUT2D eigenvalue weighted by Crippen LogP contribution is -2.49. The number of fused-ring (bicyclic) bond motifs is 1. The minimum atomic E-state index is -1.46. The fraction of sp³-hybridized carbons (Fsp3) is 0.261. The van der Waals surface area contributed by atoms with E-state index in [2.05, 4.69) is 5.32 Å². The minimum absolute atomic E-state index is 0.0766. The molecular formula is C23H23NO9. The van der Waals surface area contributed by atoms with Crippen LogP contribution in [-0.2, 0) is 9.59 Å². The lowest BCUT2D eigenvalue weighted by Gasteiger charge is -2.17. The molecule has 2 aromatic carbocycles. The zero-order chi connectivity index (χ0) is 24.1. The number of hydrogen-bond acceptors (Lipinski definition) is 8. The summed E-state index contributed by atoms with van der Waals surface area (Å²) < 4.78 is 21.6. The number of benzene rings is 2. The van der Waals surface area contributed by atoms with Crippen molar-refractivity contribution in [2.45, 2.75) is 19.1 Å². The molecule has 3 N–H and O–H groups in total. The van der Waals surface area contributed by atoms with E-state index in [1.807, 2.05) is 0 Å². The van der Waals surface area contributed by atoms with Crippen LogP contribution in [0.3, 0.4) is 0 Å². The number of ketones is 1. The second-order valence-corrected chi connectivity index (χ2v) is 7.12. The summed E-state index contributed by atoms with van der Waals surface area (Å²) in [4.78, 5) is 35.8. The second kappa shape index (κ2) is 10.0. The fourth-order valence-corrected chi connectivity index (χ4v) is 3.10. The number of nitrogens with one attached hydrogen (secondary N) is 1. The first kappa shape index (κ1) is 23.6. The molecular weight excluding hydrogens is 434 g/mol. The van der Waals surface area contributed by atoms with Gasteiger partial charge in [-0.05, 0) is 43.3 Å². The van der Waals surface area contributed by atoms with E-state index in [1.54, 1.807) is 24.3 Å². The summed E-state index contributed by atoms with van der Waals surface area (Å²) in [5, 5.41) is 20.6. The summed E-state index contributed by atoms with van der Waals surface area (Å²) in [5.74, 6) is -0.753. The van der Waals surface area contributed by atoms with Crippen LogP contribution < -0.4 is 24.3 Å². The zero-order valence-electron chi connectivity index (χ0n) is 18.2. The van der Waals surface area contributed by atoms with Crippen LogP contribution in [0.1, 0.15) is 22.8 Å². The molecule has 0 spiro atoms. The molecule has 1 heterocycles. The third-order valence-corrected chi connectivity index (χ3v) is 4.80. The Labute approximate surface area is 189 Å². The highest BCUT2D eigenvalue weighted by atomic mass is 16.5. The van der Waals surface area contributed by atoms with Gasteiger partial charge < -0.3 is 34.5 Å². The van der Waals surface area contributed by atoms with E-state index in [0.29, 0.717) is 22.6 Å². The molecule has 0 saturated heterocycles. The summed E-state index contributed by atoms with van der Waals surface area (Å²) >= 11 is 0. The molecule has 1 aliphatic rings. The van der Waals surface area contributed by atoms with Crippen LogP contribution in [0.25, 0.3) is 6.08 Å². The van der Waals surface area contributed by atoms with Gasteiger partial charge >= 0.3 is 5.97 Å². The number of amides is 1. The number of carboxylic acids is 1. The number of allylic oxidation sites excluding steroid dienone is 1. The van der Waals surface area contributed by atoms with Crippen molar-refractivity contribution in [2.24, 2.45) is 0 Å². The van der Waals surface area contributed by atoms with Gasteiger partial charge in [0.15, 0.2) is 18.4 Å². The predicted octanol–water partition coefficient (Wildman–Crippen LogP) is 1.65. The van der Waals surface area contributed by atoms with Crippen molar-refractivity contribution in [3.05, 3.63) is 53.3 Å². The lowest BCUT2D eigenvalue weighted by atomic mass is 10.1. The van der Waals surface area contributed by atoms with E-state index in [1.165, 1.54) is 39.3 Å². The van der Waals surface area contributed by atoms with Gasteiger partial charge in [0.1, 0.15) is 23.0 Å². The van der Waals surface area contributed by atoms with Gasteiger partial charge in [0.25, 0.3) is 5.91 Å². The van der Waals surface area contributed by atoms with Crippen molar-refractivity contribution in [3.63, 3.8) is 0 Å². The molecule has 0 fully saturated rings. The van der Waals surface area contributed by atoms with Gasteiger partial charge in [0.05, 0.1) is 25.9 Å². The number of Topliss-reactive ketones (excluding diaryl/α,β-unsaturated/α-hetero) is 1. The van der Waals surface area contributed by atoms with Crippen molar-refractivity contribution in [2.75, 3.05) is 20.8 Å². The Morgan fingerprint density at radius 2 is 1.85 bits per heavy atom. The largest absolute Gasteiger partial charge is 0.497 e. The number of carbonyl (C=O) groups is 3. The molecule has 1 aliphatic heterocycles. The fourth-order valence-electron chi connectivity index (χ4n) is 3.10. The number of ether oxygens (including phenoxy) is 4. The first-order chi connectivity index (χ1) is 15.7. The first-order valence-corrected chi connectivity index (χ1v) is 9.86. The molecule has 2 atom stereocenters. The maximum absolute atomic E-state index is 12.7. The Bertz CT molecular complexity index is 1110. The highest BCUT2D eigenvalue weighted by molar-refractivity contribution is 6.14. The second-order valence-electron chi connectivity index (χ2n) is 7.12. The third-order valence-electron chi connectivity index (χ3n) is 4.80. The third kappa shape index (κ3) is 5.42. The minimum Gasteiger partial charge on any atom is -0.497 e. The van der Waals surface area contributed by atoms with Crippen molar-refractivity contribution >= 4 is 23.7 Å². The van der Waals surface area contributed by atoms with Crippen LogP contribution in [-0.4, -0.2) is 60.8 Å². The van der Waals surface area contributed by atoms with E-state index in [9.17, 15) is 19.5 Å². The number of aliphatic hydroxyl groups is 1. The van der Waals surface area contributed by atoms with Crippen molar-refractivity contribution in [3.8, 4) is 23.0 Å². The molecule has 10 heteroatoms. The van der Waals surface area contributed by atoms with Gasteiger partial charge in [-0.15, -0.1) is 0 Å². The number of hydrogen-bond donors (Lipinski definition) is 3. The lowest BCUT2D eigenvalue weighted by molar-refractivity contribution is -0.145. The molecule has 33 heavy (non-hydrogen) atoms. The van der Waals surface area contributed by atoms with E-state index < -0.39 is 30.6 Å². The molecule has 1 amide bonds. The SMILES string of the molecule is COc1ccc(OC)c(C=C2Oc3cc(OCC(=O)N[C@H](C(=O)O)[C@@H](C)O)ccc3C2=O)c1. The topological polar surface area (TPSA) is 141 Å². The molecule has 0 aromatic heterocycles. The maximum Gasteiger partial charge on any atom is 0.328 e. The highest BCUT2D eigenvalue weighted by Crippen LogP contribution is 2.36. The number of aliphatic carboxylic acids is 1. The van der Waals surface area contributed by atoms with Crippen LogP contribution in [0.5, 0.6) is 23.0 Å². The highest BCUT2D eigenvalue weighted by Gasteiger charge is 2.29. The number of carboxylic acid groups (broad SMARTS) is 1. The predicted molar refractivity (Wildman–Crippen MR) is 116 cm³/mol. The van der Waals surface area contributed by atoms with E-state index in [0.717, 1.165) is 0 Å². The number of methoxy groups -OCH3 is 2. The van der Waals surface area contributed by atoms with Crippen LogP contribution >= 0.6 is 0 Å². The first-order valence-electron chi connectivity index (χ1n) is 9.86. The molecule has 0 radical (unpaired) electrons. The Morgan fingerprint density at radius 1 is 1.12 bits per heavy atom. The van der Waals surface area contributed by atoms with Gasteiger partial charge in [0, 0.05) is 11.6 Å². The van der Waals surface area contributed by atoms with Crippen molar-refractivity contribution in [1.29, 1.82) is 0 Å². The molecule has 0 unspecified atom stereocenters. The molecule has 174 valence electrons. The van der Waals surface area contributed by atoms with E-state index in [-0.39, 0.29) is 23.0 Å². The van der Waals surface area contributed by atoms with Crippen LogP contribution in [0.2, 0.25) is 0 Å². The van der Waals surface area contributed by atoms with Crippen LogP contribution in [0, 0.1) is 0 Å². The normalized spacial score (nSPS) is 15.3. The van der Waals surface area contributed by atoms with Gasteiger partial charge in [-0.25, -0.2) is 4.79 Å². The van der Waals surface area contributed by atoms with Crippen molar-refractivity contribution < 1.29 is 43.5 Å². The Balaban J connectivity index is 1.72. The number of aliphatic hydroxyl groups excluding tert-OH is 1. The van der Waals surface area contributed by atoms with Gasteiger partial charge in [-0.1, -0.05) is 0 Å². The molecule has 0 saturated carbocycles. The van der Waals surface area contributed by atoms with Crippen molar-refractivity contribution in [1.82, 2.24) is 5.32 Å². The summed E-state index contributed by atoms with van der Waals surface area (Å²) in [6.07, 6.45) is 0.263. The monoisotopic (exact) mass is 457 g/mol. The average Bonchev–Trinajstić information content (AvgIpc) is 3.10. The number of rotatable bonds is 9. The summed E-state index contributed by atoms with van der Waals surface area (Å²) in [5.41, 5.74) is 0.909. The molecule has 3 rings (SSSR count). The zero-order valence-corrected chi connectivity index (χ0v) is 18.2. The summed E-state index contributed by atoms with van der Waals surface area (Å²) in [6.45, 7) is 0.758. The molecule has 10 nitrogen and oxygen atoms in total. The molecule has 0 bridgehead atoms. The maximum atomic E-state index is 12.7. The van der Waals surface area contributed by atoms with Gasteiger partial charge in [0.2, 0.25) is 5.78 Å². The number of carbonyl (C=O) groups excluding carboxylic acids is 2.